The summed E-state index contributed by atoms with van der Waals surface area (Å²) in [5.41, 5.74) is 6.30. The molecule has 0 aliphatic heterocycles. The van der Waals surface area contributed by atoms with E-state index in [-0.39, 0.29) is 0 Å². The van der Waals surface area contributed by atoms with Crippen LogP contribution in [0.15, 0.2) is 6.07 Å². The summed E-state index contributed by atoms with van der Waals surface area (Å²) in [5.74, 6) is 0. The normalized spacial score (nSPS) is 17.3. The molecule has 0 bridgehead atoms. The Morgan fingerprint density at radius 1 is 1.40 bits per heavy atom. The fourth-order valence-corrected chi connectivity index (χ4v) is 2.87. The van der Waals surface area contributed by atoms with Gasteiger partial charge in [0.15, 0.2) is 0 Å². The van der Waals surface area contributed by atoms with Gasteiger partial charge in [0.1, 0.15) is 10.9 Å². The number of anilines is 2. The molecule has 1 saturated carbocycles. The average molecular weight is 221 g/mol. The topological polar surface area (TPSA) is 61.8 Å². The zero-order chi connectivity index (χ0) is 10.7. The molecule has 80 valence electrons. The summed E-state index contributed by atoms with van der Waals surface area (Å²) >= 11 is 1.46. The molecule has 4 heteroatoms. The summed E-state index contributed by atoms with van der Waals surface area (Å²) in [6.45, 7) is 0. The molecule has 0 radical (unpaired) electrons. The van der Waals surface area contributed by atoms with Crippen molar-refractivity contribution >= 4 is 22.0 Å². The van der Waals surface area contributed by atoms with Crippen molar-refractivity contribution in [1.82, 2.24) is 0 Å². The van der Waals surface area contributed by atoms with E-state index in [0.29, 0.717) is 16.6 Å². The van der Waals surface area contributed by atoms with Crippen LogP contribution in [0.3, 0.4) is 0 Å². The van der Waals surface area contributed by atoms with Gasteiger partial charge in [0.05, 0.1) is 10.7 Å². The number of nitrogen functional groups attached to an aromatic ring is 1. The molecule has 0 spiro atoms. The van der Waals surface area contributed by atoms with Gasteiger partial charge in [-0.3, -0.25) is 0 Å². The van der Waals surface area contributed by atoms with Crippen LogP contribution in [0.1, 0.15) is 37.0 Å². The SMILES string of the molecule is N#Cc1sc(NC2CCCCC2)cc1N. The maximum atomic E-state index is 8.79. The monoisotopic (exact) mass is 221 g/mol. The Kier molecular flexibility index (Phi) is 3.12. The highest BCUT2D eigenvalue weighted by Crippen LogP contribution is 2.30. The Bertz CT molecular complexity index is 372. The summed E-state index contributed by atoms with van der Waals surface area (Å²) in [6.07, 6.45) is 6.45. The number of nitrogens with zero attached hydrogens (tertiary/aromatic N) is 1. The van der Waals surface area contributed by atoms with E-state index in [9.17, 15) is 0 Å². The minimum absolute atomic E-state index is 0.573. The summed E-state index contributed by atoms with van der Waals surface area (Å²) in [7, 11) is 0. The fraction of sp³-hybridized carbons (Fsp3) is 0.545. The lowest BCUT2D eigenvalue weighted by Gasteiger charge is -2.22. The molecule has 1 fully saturated rings. The van der Waals surface area contributed by atoms with Gasteiger partial charge >= 0.3 is 0 Å². The molecular weight excluding hydrogens is 206 g/mol. The van der Waals surface area contributed by atoms with Crippen LogP contribution in [0.2, 0.25) is 0 Å². The van der Waals surface area contributed by atoms with Gasteiger partial charge in [-0.2, -0.15) is 5.26 Å². The number of nitrogens with two attached hydrogens (primary N) is 1. The second kappa shape index (κ2) is 4.54. The predicted octanol–water partition coefficient (Wildman–Crippen LogP) is 2.95. The van der Waals surface area contributed by atoms with E-state index in [4.69, 9.17) is 11.0 Å². The third-order valence-corrected chi connectivity index (χ3v) is 3.80. The molecule has 0 atom stereocenters. The highest BCUT2D eigenvalue weighted by atomic mass is 32.1. The first kappa shape index (κ1) is 10.3. The molecule has 1 aliphatic carbocycles. The van der Waals surface area contributed by atoms with Crippen molar-refractivity contribution in [2.75, 3.05) is 11.1 Å². The highest BCUT2D eigenvalue weighted by Gasteiger charge is 2.14. The van der Waals surface area contributed by atoms with E-state index in [0.717, 1.165) is 5.00 Å². The van der Waals surface area contributed by atoms with Crippen molar-refractivity contribution < 1.29 is 0 Å². The van der Waals surface area contributed by atoms with E-state index in [1.807, 2.05) is 6.07 Å². The molecule has 0 saturated heterocycles. The molecule has 1 aromatic heterocycles. The quantitative estimate of drug-likeness (QED) is 0.807. The molecule has 3 N–H and O–H groups in total. The van der Waals surface area contributed by atoms with Crippen LogP contribution in [-0.2, 0) is 0 Å². The second-order valence-electron chi connectivity index (χ2n) is 3.99. The molecule has 0 amide bonds. The zero-order valence-corrected chi connectivity index (χ0v) is 9.44. The Morgan fingerprint density at radius 2 is 2.13 bits per heavy atom. The summed E-state index contributed by atoms with van der Waals surface area (Å²) in [6, 6.07) is 4.55. The summed E-state index contributed by atoms with van der Waals surface area (Å²) in [5, 5.41) is 13.3. The number of rotatable bonds is 2. The van der Waals surface area contributed by atoms with E-state index in [1.165, 1.54) is 43.4 Å². The molecular formula is C11H15N3S. The summed E-state index contributed by atoms with van der Waals surface area (Å²) in [4.78, 5) is 0.619. The third-order valence-electron chi connectivity index (χ3n) is 2.81. The fourth-order valence-electron chi connectivity index (χ4n) is 2.01. The highest BCUT2D eigenvalue weighted by molar-refractivity contribution is 7.17. The van der Waals surface area contributed by atoms with Crippen molar-refractivity contribution in [2.24, 2.45) is 0 Å². The molecule has 1 aromatic rings. The lowest BCUT2D eigenvalue weighted by Crippen LogP contribution is -2.21. The lowest BCUT2D eigenvalue weighted by molar-refractivity contribution is 0.463. The van der Waals surface area contributed by atoms with Gasteiger partial charge in [0.25, 0.3) is 0 Å². The smallest absolute Gasteiger partial charge is 0.129 e. The second-order valence-corrected chi connectivity index (χ2v) is 5.04. The van der Waals surface area contributed by atoms with Gasteiger partial charge in [0, 0.05) is 6.04 Å². The minimum atomic E-state index is 0.573. The van der Waals surface area contributed by atoms with Gasteiger partial charge in [-0.05, 0) is 18.9 Å². The van der Waals surface area contributed by atoms with Crippen molar-refractivity contribution in [3.63, 3.8) is 0 Å². The van der Waals surface area contributed by atoms with Crippen LogP contribution < -0.4 is 11.1 Å². The van der Waals surface area contributed by atoms with E-state index >= 15 is 0 Å². The standard InChI is InChI=1S/C11H15N3S/c12-7-10-9(13)6-11(15-10)14-8-4-2-1-3-5-8/h6,8,14H,1-5,13H2. The number of thiophene rings is 1. The van der Waals surface area contributed by atoms with Crippen LogP contribution in [0.4, 0.5) is 10.7 Å². The maximum Gasteiger partial charge on any atom is 0.129 e. The number of nitriles is 1. The van der Waals surface area contributed by atoms with Crippen molar-refractivity contribution in [3.05, 3.63) is 10.9 Å². The number of hydrogen-bond acceptors (Lipinski definition) is 4. The Labute approximate surface area is 93.9 Å². The molecule has 0 unspecified atom stereocenters. The molecule has 3 nitrogen and oxygen atoms in total. The van der Waals surface area contributed by atoms with Gasteiger partial charge in [0.2, 0.25) is 0 Å². The average Bonchev–Trinajstić information content (AvgIpc) is 2.60. The number of hydrogen-bond donors (Lipinski definition) is 2. The van der Waals surface area contributed by atoms with Crippen LogP contribution in [0, 0.1) is 11.3 Å². The van der Waals surface area contributed by atoms with Crippen LogP contribution >= 0.6 is 11.3 Å². The molecule has 0 aromatic carbocycles. The van der Waals surface area contributed by atoms with E-state index < -0.39 is 0 Å². The molecule has 1 aliphatic rings. The predicted molar refractivity (Wildman–Crippen MR) is 63.9 cm³/mol. The van der Waals surface area contributed by atoms with Gasteiger partial charge in [-0.25, -0.2) is 0 Å². The van der Waals surface area contributed by atoms with Crippen LogP contribution in [-0.4, -0.2) is 6.04 Å². The van der Waals surface area contributed by atoms with Crippen molar-refractivity contribution in [3.8, 4) is 6.07 Å². The third kappa shape index (κ3) is 2.42. The van der Waals surface area contributed by atoms with Gasteiger partial charge in [-0.1, -0.05) is 19.3 Å². The molecule has 2 rings (SSSR count). The van der Waals surface area contributed by atoms with E-state index in [1.54, 1.807) is 0 Å². The summed E-state index contributed by atoms with van der Waals surface area (Å²) < 4.78 is 0. The van der Waals surface area contributed by atoms with E-state index in [2.05, 4.69) is 11.4 Å². The first-order valence-electron chi connectivity index (χ1n) is 5.35. The lowest BCUT2D eigenvalue weighted by atomic mass is 9.96. The minimum Gasteiger partial charge on any atom is -0.397 e. The Morgan fingerprint density at radius 3 is 2.73 bits per heavy atom. The molecule has 15 heavy (non-hydrogen) atoms. The van der Waals surface area contributed by atoms with Crippen molar-refractivity contribution in [1.29, 1.82) is 5.26 Å². The molecule has 1 heterocycles. The largest absolute Gasteiger partial charge is 0.397 e. The van der Waals surface area contributed by atoms with Gasteiger partial charge in [-0.15, -0.1) is 11.3 Å². The Balaban J connectivity index is 2.01. The van der Waals surface area contributed by atoms with Crippen LogP contribution in [0.25, 0.3) is 0 Å². The number of nitrogens with one attached hydrogen (secondary N) is 1. The Hall–Kier alpha value is -1.21. The van der Waals surface area contributed by atoms with Gasteiger partial charge < -0.3 is 11.1 Å². The first-order chi connectivity index (χ1) is 7.29. The first-order valence-corrected chi connectivity index (χ1v) is 6.17. The van der Waals surface area contributed by atoms with Crippen LogP contribution in [0.5, 0.6) is 0 Å². The van der Waals surface area contributed by atoms with Crippen molar-refractivity contribution in [2.45, 2.75) is 38.1 Å². The zero-order valence-electron chi connectivity index (χ0n) is 8.62. The maximum absolute atomic E-state index is 8.79.